The maximum absolute atomic E-state index is 3.69. The molecule has 1 N–H and O–H groups in total. The summed E-state index contributed by atoms with van der Waals surface area (Å²) in [7, 11) is 0. The van der Waals surface area contributed by atoms with Crippen molar-refractivity contribution in [3.8, 4) is 0 Å². The molecule has 0 aromatic carbocycles. The smallest absolute Gasteiger partial charge is 0.00413 e. The molecule has 0 saturated heterocycles. The summed E-state index contributed by atoms with van der Waals surface area (Å²) in [6.45, 7) is 8.24. The third-order valence-corrected chi connectivity index (χ3v) is 3.68. The highest BCUT2D eigenvalue weighted by Crippen LogP contribution is 2.24. The van der Waals surface area contributed by atoms with Gasteiger partial charge in [0.15, 0.2) is 0 Å². The Morgan fingerprint density at radius 3 is 2.43 bits per heavy atom. The molecule has 0 heterocycles. The molecule has 1 aliphatic carbocycles. The van der Waals surface area contributed by atoms with Gasteiger partial charge in [-0.25, -0.2) is 0 Å². The van der Waals surface area contributed by atoms with E-state index >= 15 is 0 Å². The second kappa shape index (κ2) is 6.44. The Labute approximate surface area is 89.7 Å². The van der Waals surface area contributed by atoms with E-state index in [1.54, 1.807) is 0 Å². The third-order valence-electron chi connectivity index (χ3n) is 3.68. The largest absolute Gasteiger partial charge is 0.314 e. The van der Waals surface area contributed by atoms with E-state index in [-0.39, 0.29) is 0 Å². The summed E-state index contributed by atoms with van der Waals surface area (Å²) in [6.07, 6.45) is 8.50. The molecule has 84 valence electrons. The summed E-state index contributed by atoms with van der Waals surface area (Å²) >= 11 is 0. The van der Waals surface area contributed by atoms with Gasteiger partial charge in [-0.15, -0.1) is 0 Å². The molecule has 0 spiro atoms. The van der Waals surface area contributed by atoms with E-state index in [1.165, 1.54) is 45.1 Å². The van der Waals surface area contributed by atoms with Crippen molar-refractivity contribution in [2.45, 2.75) is 65.3 Å². The van der Waals surface area contributed by atoms with E-state index in [4.69, 9.17) is 0 Å². The maximum atomic E-state index is 3.69. The molecule has 1 aliphatic rings. The third kappa shape index (κ3) is 4.45. The molecule has 0 bridgehead atoms. The van der Waals surface area contributed by atoms with Crippen LogP contribution in [0.25, 0.3) is 0 Å². The average molecular weight is 197 g/mol. The van der Waals surface area contributed by atoms with Crippen molar-refractivity contribution in [1.82, 2.24) is 5.32 Å². The van der Waals surface area contributed by atoms with Crippen molar-refractivity contribution in [2.24, 2.45) is 11.8 Å². The molecule has 14 heavy (non-hydrogen) atoms. The van der Waals surface area contributed by atoms with Crippen LogP contribution < -0.4 is 5.32 Å². The fourth-order valence-electron chi connectivity index (χ4n) is 2.44. The van der Waals surface area contributed by atoms with Crippen molar-refractivity contribution >= 4 is 0 Å². The zero-order chi connectivity index (χ0) is 10.4. The quantitative estimate of drug-likeness (QED) is 0.686. The van der Waals surface area contributed by atoms with Gasteiger partial charge in [-0.1, -0.05) is 33.1 Å². The lowest BCUT2D eigenvalue weighted by Gasteiger charge is -2.19. The van der Waals surface area contributed by atoms with Gasteiger partial charge < -0.3 is 5.32 Å². The highest BCUT2D eigenvalue weighted by molar-refractivity contribution is 4.72. The van der Waals surface area contributed by atoms with Gasteiger partial charge in [0.25, 0.3) is 0 Å². The second-order valence-corrected chi connectivity index (χ2v) is 5.21. The maximum Gasteiger partial charge on any atom is 0.00413 e. The van der Waals surface area contributed by atoms with Gasteiger partial charge in [-0.05, 0) is 44.6 Å². The van der Waals surface area contributed by atoms with Crippen LogP contribution in [0, 0.1) is 11.8 Å². The molecule has 0 aliphatic heterocycles. The van der Waals surface area contributed by atoms with E-state index in [2.05, 4.69) is 26.1 Å². The van der Waals surface area contributed by atoms with Crippen LogP contribution in [0.3, 0.4) is 0 Å². The standard InChI is InChI=1S/C13H27N/c1-4-11(2)9-12(3)14-10-13-7-5-6-8-13/h11-14H,4-10H2,1-3H3. The lowest BCUT2D eigenvalue weighted by molar-refractivity contribution is 0.381. The van der Waals surface area contributed by atoms with Crippen LogP contribution in [0.2, 0.25) is 0 Å². The SMILES string of the molecule is CCC(C)CC(C)NCC1CCCC1. The molecule has 0 amide bonds. The molecule has 1 heteroatoms. The van der Waals surface area contributed by atoms with Gasteiger partial charge in [0.2, 0.25) is 0 Å². The van der Waals surface area contributed by atoms with Gasteiger partial charge in [0.05, 0.1) is 0 Å². The minimum atomic E-state index is 0.713. The van der Waals surface area contributed by atoms with Crippen molar-refractivity contribution in [3.05, 3.63) is 0 Å². The number of rotatable bonds is 6. The average Bonchev–Trinajstić information content (AvgIpc) is 2.67. The van der Waals surface area contributed by atoms with Crippen LogP contribution in [0.4, 0.5) is 0 Å². The molecule has 2 unspecified atom stereocenters. The van der Waals surface area contributed by atoms with Crippen molar-refractivity contribution < 1.29 is 0 Å². The first-order valence-corrected chi connectivity index (χ1v) is 6.45. The summed E-state index contributed by atoms with van der Waals surface area (Å²) < 4.78 is 0. The number of nitrogens with one attached hydrogen (secondary N) is 1. The van der Waals surface area contributed by atoms with Crippen LogP contribution in [-0.4, -0.2) is 12.6 Å². The van der Waals surface area contributed by atoms with E-state index < -0.39 is 0 Å². The van der Waals surface area contributed by atoms with Crippen LogP contribution in [0.15, 0.2) is 0 Å². The highest BCUT2D eigenvalue weighted by atomic mass is 14.9. The summed E-state index contributed by atoms with van der Waals surface area (Å²) in [4.78, 5) is 0. The minimum Gasteiger partial charge on any atom is -0.314 e. The second-order valence-electron chi connectivity index (χ2n) is 5.21. The lowest BCUT2D eigenvalue weighted by Crippen LogP contribution is -2.31. The molecule has 1 fully saturated rings. The fourth-order valence-corrected chi connectivity index (χ4v) is 2.44. The topological polar surface area (TPSA) is 12.0 Å². The molecule has 1 nitrogen and oxygen atoms in total. The Hall–Kier alpha value is -0.0400. The molecule has 1 saturated carbocycles. The molecule has 2 atom stereocenters. The Morgan fingerprint density at radius 1 is 1.21 bits per heavy atom. The van der Waals surface area contributed by atoms with Crippen LogP contribution in [-0.2, 0) is 0 Å². The predicted molar refractivity (Wildman–Crippen MR) is 63.5 cm³/mol. The van der Waals surface area contributed by atoms with Gasteiger partial charge in [0.1, 0.15) is 0 Å². The fraction of sp³-hybridized carbons (Fsp3) is 1.00. The molecular formula is C13H27N. The molecule has 0 radical (unpaired) electrons. The Balaban J connectivity index is 2.04. The summed E-state index contributed by atoms with van der Waals surface area (Å²) in [5.74, 6) is 1.86. The van der Waals surface area contributed by atoms with E-state index in [1.807, 2.05) is 0 Å². The number of hydrogen-bond donors (Lipinski definition) is 1. The summed E-state index contributed by atoms with van der Waals surface area (Å²) in [5.41, 5.74) is 0. The highest BCUT2D eigenvalue weighted by Gasteiger charge is 2.15. The monoisotopic (exact) mass is 197 g/mol. The van der Waals surface area contributed by atoms with Crippen molar-refractivity contribution in [3.63, 3.8) is 0 Å². The van der Waals surface area contributed by atoms with Gasteiger partial charge in [-0.3, -0.25) is 0 Å². The van der Waals surface area contributed by atoms with Crippen LogP contribution >= 0.6 is 0 Å². The lowest BCUT2D eigenvalue weighted by atomic mass is 9.99. The van der Waals surface area contributed by atoms with Crippen LogP contribution in [0.5, 0.6) is 0 Å². The van der Waals surface area contributed by atoms with E-state index in [9.17, 15) is 0 Å². The number of hydrogen-bond acceptors (Lipinski definition) is 1. The molecule has 0 aromatic heterocycles. The summed E-state index contributed by atoms with van der Waals surface area (Å²) in [6, 6.07) is 0.713. The van der Waals surface area contributed by atoms with E-state index in [0.717, 1.165) is 11.8 Å². The summed E-state index contributed by atoms with van der Waals surface area (Å²) in [5, 5.41) is 3.69. The first-order chi connectivity index (χ1) is 6.72. The molecule has 1 rings (SSSR count). The zero-order valence-electron chi connectivity index (χ0n) is 10.2. The molecule has 0 aromatic rings. The van der Waals surface area contributed by atoms with Crippen molar-refractivity contribution in [1.29, 1.82) is 0 Å². The Kier molecular flexibility index (Phi) is 5.54. The van der Waals surface area contributed by atoms with Crippen LogP contribution in [0.1, 0.15) is 59.3 Å². The normalized spacial score (nSPS) is 22.5. The predicted octanol–water partition coefficient (Wildman–Crippen LogP) is 3.59. The Morgan fingerprint density at radius 2 is 1.86 bits per heavy atom. The first-order valence-electron chi connectivity index (χ1n) is 6.45. The first kappa shape index (κ1) is 12.0. The van der Waals surface area contributed by atoms with Crippen molar-refractivity contribution in [2.75, 3.05) is 6.54 Å². The minimum absolute atomic E-state index is 0.713. The zero-order valence-corrected chi connectivity index (χ0v) is 10.2. The molecular weight excluding hydrogens is 170 g/mol. The van der Waals surface area contributed by atoms with Gasteiger partial charge in [-0.2, -0.15) is 0 Å². The van der Waals surface area contributed by atoms with Gasteiger partial charge in [0, 0.05) is 6.04 Å². The van der Waals surface area contributed by atoms with Gasteiger partial charge >= 0.3 is 0 Å². The Bertz CT molecular complexity index is 138. The van der Waals surface area contributed by atoms with E-state index in [0.29, 0.717) is 6.04 Å².